The van der Waals surface area contributed by atoms with E-state index in [-0.39, 0.29) is 25.3 Å². The fourth-order valence-corrected chi connectivity index (χ4v) is 3.93. The van der Waals surface area contributed by atoms with Crippen LogP contribution in [0.1, 0.15) is 90.5 Å². The van der Waals surface area contributed by atoms with Crippen LogP contribution in [0.4, 0.5) is 4.79 Å². The van der Waals surface area contributed by atoms with Gasteiger partial charge in [0.25, 0.3) is 0 Å². The van der Waals surface area contributed by atoms with Gasteiger partial charge in [0.1, 0.15) is 17.7 Å². The largest absolute Gasteiger partial charge is 0.444 e. The van der Waals surface area contributed by atoms with Gasteiger partial charge in [0, 0.05) is 18.5 Å². The van der Waals surface area contributed by atoms with Crippen LogP contribution in [0.3, 0.4) is 0 Å². The van der Waals surface area contributed by atoms with Crippen molar-refractivity contribution in [2.75, 3.05) is 6.54 Å². The third-order valence-electron chi connectivity index (χ3n) is 5.29. The number of rotatable bonds is 10. The number of hydrogen-bond acceptors (Lipinski definition) is 5. The van der Waals surface area contributed by atoms with E-state index in [4.69, 9.17) is 10.5 Å². The summed E-state index contributed by atoms with van der Waals surface area (Å²) in [5.41, 5.74) is 6.49. The van der Waals surface area contributed by atoms with Crippen LogP contribution in [0.15, 0.2) is 18.2 Å². The second-order valence-corrected chi connectivity index (χ2v) is 11.2. The number of nitrogens with two attached hydrogens (primary N) is 1. The van der Waals surface area contributed by atoms with E-state index in [1.807, 2.05) is 59.7 Å². The molecule has 2 unspecified atom stereocenters. The lowest BCUT2D eigenvalue weighted by Crippen LogP contribution is -2.55. The van der Waals surface area contributed by atoms with Crippen LogP contribution in [0, 0.1) is 13.8 Å². The highest BCUT2D eigenvalue weighted by Crippen LogP contribution is 2.29. The minimum Gasteiger partial charge on any atom is -0.444 e. The Kier molecular flexibility index (Phi) is 10.9. The quantitative estimate of drug-likeness (QED) is 0.448. The van der Waals surface area contributed by atoms with Crippen LogP contribution >= 0.6 is 0 Å². The van der Waals surface area contributed by atoms with E-state index in [0.717, 1.165) is 16.7 Å². The van der Waals surface area contributed by atoms with Crippen LogP contribution in [-0.2, 0) is 19.1 Å². The Morgan fingerprint density at radius 3 is 2.03 bits per heavy atom. The third-order valence-corrected chi connectivity index (χ3v) is 5.29. The number of carbonyl (C=O) groups is 4. The summed E-state index contributed by atoms with van der Waals surface area (Å²) in [6, 6.07) is 3.66. The summed E-state index contributed by atoms with van der Waals surface area (Å²) in [5, 5.41) is 5.61. The first kappa shape index (κ1) is 30.9. The fraction of sp³-hybridized carbons (Fsp3) is 0.630. The van der Waals surface area contributed by atoms with Gasteiger partial charge in [-0.1, -0.05) is 25.1 Å². The van der Waals surface area contributed by atoms with Gasteiger partial charge >= 0.3 is 6.09 Å². The molecule has 2 atom stereocenters. The lowest BCUT2D eigenvalue weighted by molar-refractivity contribution is -0.143. The molecule has 0 heterocycles. The second-order valence-electron chi connectivity index (χ2n) is 11.2. The molecular weight excluding hydrogens is 460 g/mol. The summed E-state index contributed by atoms with van der Waals surface area (Å²) in [6.45, 7) is 16.7. The zero-order valence-electron chi connectivity index (χ0n) is 23.3. The summed E-state index contributed by atoms with van der Waals surface area (Å²) in [5.74, 6) is -1.41. The topological polar surface area (TPSA) is 131 Å². The van der Waals surface area contributed by atoms with Crippen LogP contribution < -0.4 is 16.4 Å². The smallest absolute Gasteiger partial charge is 0.408 e. The number of benzene rings is 1. The van der Waals surface area contributed by atoms with Gasteiger partial charge in [0.2, 0.25) is 17.7 Å². The first-order valence-electron chi connectivity index (χ1n) is 12.4. The minimum atomic E-state index is -1.10. The molecule has 4 N–H and O–H groups in total. The maximum Gasteiger partial charge on any atom is 0.408 e. The lowest BCUT2D eigenvalue weighted by Gasteiger charge is -2.37. The zero-order chi connectivity index (χ0) is 27.8. The number of primary amides is 1. The van der Waals surface area contributed by atoms with Gasteiger partial charge in [-0.2, -0.15) is 0 Å². The van der Waals surface area contributed by atoms with Gasteiger partial charge in [0.15, 0.2) is 0 Å². The number of nitrogens with one attached hydrogen (secondary N) is 2. The summed E-state index contributed by atoms with van der Waals surface area (Å²) >= 11 is 0. The molecule has 0 aromatic heterocycles. The van der Waals surface area contributed by atoms with Crippen molar-refractivity contribution in [2.45, 2.75) is 105 Å². The second kappa shape index (κ2) is 12.7. The van der Waals surface area contributed by atoms with Gasteiger partial charge in [-0.25, -0.2) is 4.79 Å². The molecule has 4 amide bonds. The van der Waals surface area contributed by atoms with E-state index in [2.05, 4.69) is 10.6 Å². The van der Waals surface area contributed by atoms with E-state index in [1.165, 1.54) is 4.90 Å². The van der Waals surface area contributed by atoms with Crippen molar-refractivity contribution in [3.05, 3.63) is 34.9 Å². The molecule has 9 nitrogen and oxygen atoms in total. The minimum absolute atomic E-state index is 0.0199. The van der Waals surface area contributed by atoms with Crippen LogP contribution in [0.5, 0.6) is 0 Å². The van der Waals surface area contributed by atoms with Gasteiger partial charge in [-0.15, -0.1) is 0 Å². The van der Waals surface area contributed by atoms with Crippen molar-refractivity contribution < 1.29 is 23.9 Å². The van der Waals surface area contributed by atoms with Crippen molar-refractivity contribution in [2.24, 2.45) is 5.73 Å². The normalized spacial score (nSPS) is 13.4. The summed E-state index contributed by atoms with van der Waals surface area (Å²) in [4.78, 5) is 53.3. The van der Waals surface area contributed by atoms with Crippen LogP contribution in [0.2, 0.25) is 0 Å². The molecule has 1 rings (SSSR count). The van der Waals surface area contributed by atoms with Crippen LogP contribution in [-0.4, -0.2) is 52.4 Å². The molecule has 0 saturated heterocycles. The highest BCUT2D eigenvalue weighted by atomic mass is 16.6. The number of alkyl carbamates (subject to hydrolysis) is 1. The van der Waals surface area contributed by atoms with Crippen molar-refractivity contribution in [1.82, 2.24) is 15.5 Å². The molecule has 0 aliphatic heterocycles. The van der Waals surface area contributed by atoms with Gasteiger partial charge in [-0.05, 0) is 84.9 Å². The van der Waals surface area contributed by atoms with Gasteiger partial charge < -0.3 is 26.0 Å². The number of amides is 4. The van der Waals surface area contributed by atoms with Crippen molar-refractivity contribution in [3.8, 4) is 0 Å². The summed E-state index contributed by atoms with van der Waals surface area (Å²) < 4.78 is 5.35. The highest BCUT2D eigenvalue weighted by Gasteiger charge is 2.38. The molecule has 0 radical (unpaired) electrons. The van der Waals surface area contributed by atoms with Crippen molar-refractivity contribution in [1.29, 1.82) is 0 Å². The highest BCUT2D eigenvalue weighted by molar-refractivity contribution is 5.93. The fourth-order valence-electron chi connectivity index (χ4n) is 3.93. The standard InChI is InChI=1S/C27H44N4O5/c1-10-16-31(24(34)19(14-15-20(28)32)29-25(35)36-27(7,8)9)22(23(33)30-26(4,5)6)21-17(2)12-11-13-18(21)3/h11-13,19,22H,10,14-16H2,1-9H3,(H2,28,32)(H,29,35)(H,30,33). The Balaban J connectivity index is 3.57. The first-order valence-corrected chi connectivity index (χ1v) is 12.4. The lowest BCUT2D eigenvalue weighted by atomic mass is 9.92. The molecule has 9 heteroatoms. The van der Waals surface area contributed by atoms with E-state index < -0.39 is 41.1 Å². The van der Waals surface area contributed by atoms with E-state index in [0.29, 0.717) is 6.42 Å². The molecule has 0 spiro atoms. The van der Waals surface area contributed by atoms with Crippen LogP contribution in [0.25, 0.3) is 0 Å². The zero-order valence-corrected chi connectivity index (χ0v) is 23.3. The van der Waals surface area contributed by atoms with Gasteiger partial charge in [0.05, 0.1) is 0 Å². The third kappa shape index (κ3) is 9.87. The van der Waals surface area contributed by atoms with Crippen molar-refractivity contribution in [3.63, 3.8) is 0 Å². The monoisotopic (exact) mass is 504 g/mol. The molecule has 1 aromatic rings. The Morgan fingerprint density at radius 2 is 1.58 bits per heavy atom. The Labute approximate surface area is 215 Å². The Hall–Kier alpha value is -3.10. The predicted octanol–water partition coefficient (Wildman–Crippen LogP) is 3.66. The Morgan fingerprint density at radius 1 is 1.03 bits per heavy atom. The molecule has 0 aliphatic carbocycles. The molecule has 0 saturated carbocycles. The maximum atomic E-state index is 14.0. The number of ether oxygens (including phenoxy) is 1. The first-order chi connectivity index (χ1) is 16.5. The predicted molar refractivity (Wildman–Crippen MR) is 140 cm³/mol. The molecule has 202 valence electrons. The summed E-state index contributed by atoms with van der Waals surface area (Å²) in [7, 11) is 0. The number of hydrogen-bond donors (Lipinski definition) is 3. The van der Waals surface area contributed by atoms with E-state index in [1.54, 1.807) is 20.8 Å². The number of nitrogens with zero attached hydrogens (tertiary/aromatic N) is 1. The van der Waals surface area contributed by atoms with Crippen molar-refractivity contribution >= 4 is 23.8 Å². The average Bonchev–Trinajstić information content (AvgIpc) is 2.69. The van der Waals surface area contributed by atoms with E-state index >= 15 is 0 Å². The average molecular weight is 505 g/mol. The SMILES string of the molecule is CCCN(C(=O)C(CCC(N)=O)NC(=O)OC(C)(C)C)C(C(=O)NC(C)(C)C)c1c(C)cccc1C. The molecule has 0 fully saturated rings. The Bertz CT molecular complexity index is 926. The van der Waals surface area contributed by atoms with Gasteiger partial charge in [-0.3, -0.25) is 14.4 Å². The maximum absolute atomic E-state index is 14.0. The van der Waals surface area contributed by atoms with E-state index in [9.17, 15) is 19.2 Å². The molecule has 36 heavy (non-hydrogen) atoms. The number of aryl methyl sites for hydroxylation is 2. The summed E-state index contributed by atoms with van der Waals surface area (Å²) in [6.07, 6.45) is -0.350. The molecule has 0 aliphatic rings. The molecule has 1 aromatic carbocycles. The molecule has 0 bridgehead atoms. The number of carbonyl (C=O) groups excluding carboxylic acids is 4. The molecular formula is C27H44N4O5.